The van der Waals surface area contributed by atoms with E-state index in [-0.39, 0.29) is 0 Å². The number of hydrogen-bond acceptors (Lipinski definition) is 1. The van der Waals surface area contributed by atoms with Gasteiger partial charge < -0.3 is 4.98 Å². The van der Waals surface area contributed by atoms with Crippen molar-refractivity contribution >= 4 is 15.9 Å². The second-order valence-corrected chi connectivity index (χ2v) is 3.42. The highest BCUT2D eigenvalue weighted by Gasteiger charge is 2.39. The number of aromatic nitrogens is 1. The highest BCUT2D eigenvalue weighted by molar-refractivity contribution is 9.08. The van der Waals surface area contributed by atoms with E-state index in [1.54, 1.807) is 0 Å². The third kappa shape index (κ3) is 2.42. The third-order valence-corrected chi connectivity index (χ3v) is 2.44. The van der Waals surface area contributed by atoms with Crippen molar-refractivity contribution in [2.24, 2.45) is 0 Å². The molecule has 0 saturated carbocycles. The Hall–Kier alpha value is -0.920. The van der Waals surface area contributed by atoms with Gasteiger partial charge in [-0.15, -0.1) is 0 Å². The average molecular weight is 306 g/mol. The molecule has 0 bridgehead atoms. The Kier molecular flexibility index (Phi) is 3.72. The second kappa shape index (κ2) is 4.52. The normalized spacial score (nSPS) is 12.2. The molecule has 0 amide bonds. The number of pyridine rings is 1. The molecule has 0 aliphatic heterocycles. The first-order valence-corrected chi connectivity index (χ1v) is 5.07. The summed E-state index contributed by atoms with van der Waals surface area (Å²) < 4.78 is 62.3. The quantitative estimate of drug-likeness (QED) is 0.660. The van der Waals surface area contributed by atoms with Crippen LogP contribution in [0.1, 0.15) is 23.1 Å². The van der Waals surface area contributed by atoms with Gasteiger partial charge in [-0.3, -0.25) is 4.79 Å². The summed E-state index contributed by atoms with van der Waals surface area (Å²) in [7, 11) is 0. The molecule has 0 unspecified atom stereocenters. The van der Waals surface area contributed by atoms with E-state index < -0.39 is 40.2 Å². The van der Waals surface area contributed by atoms with Crippen LogP contribution in [0.2, 0.25) is 0 Å². The van der Waals surface area contributed by atoms with Gasteiger partial charge >= 0.3 is 6.18 Å². The van der Waals surface area contributed by atoms with Gasteiger partial charge in [-0.2, -0.15) is 13.2 Å². The molecule has 0 fully saturated rings. The van der Waals surface area contributed by atoms with Crippen LogP contribution < -0.4 is 5.56 Å². The topological polar surface area (TPSA) is 32.9 Å². The Labute approximate surface area is 94.6 Å². The lowest BCUT2D eigenvalue weighted by Crippen LogP contribution is -2.22. The van der Waals surface area contributed by atoms with Crippen molar-refractivity contribution in [2.75, 3.05) is 0 Å². The van der Waals surface area contributed by atoms with Gasteiger partial charge in [-0.25, -0.2) is 8.78 Å². The van der Waals surface area contributed by atoms with Gasteiger partial charge in [0.2, 0.25) is 0 Å². The van der Waals surface area contributed by atoms with Crippen molar-refractivity contribution in [3.8, 4) is 0 Å². The molecule has 90 valence electrons. The Bertz CT molecular complexity index is 439. The van der Waals surface area contributed by atoms with E-state index in [0.29, 0.717) is 6.20 Å². The van der Waals surface area contributed by atoms with Crippen LogP contribution in [0.5, 0.6) is 0 Å². The molecule has 0 spiro atoms. The molecule has 2 nitrogen and oxygen atoms in total. The summed E-state index contributed by atoms with van der Waals surface area (Å²) in [5, 5.41) is -0.447. The van der Waals surface area contributed by atoms with Gasteiger partial charge in [0, 0.05) is 22.7 Å². The van der Waals surface area contributed by atoms with Crippen molar-refractivity contribution < 1.29 is 22.0 Å². The average Bonchev–Trinajstić information content (AvgIpc) is 2.15. The van der Waals surface area contributed by atoms with E-state index in [0.717, 1.165) is 0 Å². The van der Waals surface area contributed by atoms with Gasteiger partial charge in [-0.05, 0) is 0 Å². The summed E-state index contributed by atoms with van der Waals surface area (Å²) in [5.74, 6) is 0. The van der Waals surface area contributed by atoms with E-state index in [1.165, 1.54) is 0 Å². The van der Waals surface area contributed by atoms with Crippen LogP contribution in [0.25, 0.3) is 0 Å². The van der Waals surface area contributed by atoms with Crippen molar-refractivity contribution in [3.05, 3.63) is 33.2 Å². The first kappa shape index (κ1) is 13.1. The zero-order valence-corrected chi connectivity index (χ0v) is 9.12. The molecule has 1 N–H and O–H groups in total. The molecule has 0 atom stereocenters. The maximum Gasteiger partial charge on any atom is 0.417 e. The molecular weight excluding hydrogens is 301 g/mol. The number of halogens is 6. The van der Waals surface area contributed by atoms with Crippen LogP contribution in [-0.4, -0.2) is 4.98 Å². The monoisotopic (exact) mass is 305 g/mol. The fraction of sp³-hybridized carbons (Fsp3) is 0.375. The summed E-state index contributed by atoms with van der Waals surface area (Å²) in [6, 6.07) is 0. The lowest BCUT2D eigenvalue weighted by molar-refractivity contribution is -0.140. The van der Waals surface area contributed by atoms with E-state index >= 15 is 0 Å². The molecule has 1 heterocycles. The van der Waals surface area contributed by atoms with Gasteiger partial charge in [0.25, 0.3) is 12.0 Å². The van der Waals surface area contributed by atoms with Crippen LogP contribution in [-0.2, 0) is 11.5 Å². The second-order valence-electron chi connectivity index (χ2n) is 2.86. The van der Waals surface area contributed by atoms with Gasteiger partial charge in [-0.1, -0.05) is 15.9 Å². The number of alkyl halides is 6. The van der Waals surface area contributed by atoms with Crippen LogP contribution in [0.4, 0.5) is 22.0 Å². The largest absolute Gasteiger partial charge is 0.417 e. The molecule has 1 rings (SSSR count). The van der Waals surface area contributed by atoms with Crippen LogP contribution in [0.15, 0.2) is 11.0 Å². The molecule has 1 aromatic rings. The Morgan fingerprint density at radius 2 is 1.94 bits per heavy atom. The maximum atomic E-state index is 12.5. The predicted octanol–water partition coefficient (Wildman–Crippen LogP) is 3.23. The highest BCUT2D eigenvalue weighted by Crippen LogP contribution is 2.37. The Balaban J connectivity index is 3.61. The number of hydrogen-bond donors (Lipinski definition) is 1. The van der Waals surface area contributed by atoms with E-state index in [4.69, 9.17) is 0 Å². The van der Waals surface area contributed by atoms with Crippen LogP contribution in [0, 0.1) is 0 Å². The van der Waals surface area contributed by atoms with Gasteiger partial charge in [0.1, 0.15) is 0 Å². The standard InChI is InChI=1S/C8H5BrF5NO/c9-1-3-5(8(12,13)14)4(6(10)11)2-15-7(3)16/h2,6H,1H2,(H,15,16). The minimum Gasteiger partial charge on any atom is -0.328 e. The van der Waals surface area contributed by atoms with E-state index in [2.05, 4.69) is 15.9 Å². The van der Waals surface area contributed by atoms with Crippen molar-refractivity contribution in [2.45, 2.75) is 17.9 Å². The van der Waals surface area contributed by atoms with Crippen LogP contribution in [0.3, 0.4) is 0 Å². The SMILES string of the molecule is O=c1[nH]cc(C(F)F)c(C(F)(F)F)c1CBr. The Morgan fingerprint density at radius 1 is 1.38 bits per heavy atom. The van der Waals surface area contributed by atoms with Gasteiger partial charge in [0.15, 0.2) is 0 Å². The molecule has 0 aromatic carbocycles. The van der Waals surface area contributed by atoms with E-state index in [1.807, 2.05) is 4.98 Å². The maximum absolute atomic E-state index is 12.5. The lowest BCUT2D eigenvalue weighted by Gasteiger charge is -2.14. The molecule has 0 aliphatic carbocycles. The first-order valence-electron chi connectivity index (χ1n) is 3.94. The highest BCUT2D eigenvalue weighted by atomic mass is 79.9. The first-order chi connectivity index (χ1) is 7.29. The molecule has 8 heteroatoms. The smallest absolute Gasteiger partial charge is 0.328 e. The molecular formula is C8H5BrF5NO. The van der Waals surface area contributed by atoms with Crippen molar-refractivity contribution in [3.63, 3.8) is 0 Å². The molecule has 0 radical (unpaired) electrons. The molecule has 16 heavy (non-hydrogen) atoms. The summed E-state index contributed by atoms with van der Waals surface area (Å²) >= 11 is 2.67. The minimum absolute atomic E-state index is 0.391. The third-order valence-electron chi connectivity index (χ3n) is 1.88. The zero-order valence-electron chi connectivity index (χ0n) is 7.54. The number of rotatable bonds is 2. The fourth-order valence-electron chi connectivity index (χ4n) is 1.22. The summed E-state index contributed by atoms with van der Waals surface area (Å²) in [5.41, 5.74) is -4.57. The van der Waals surface area contributed by atoms with Crippen molar-refractivity contribution in [1.29, 1.82) is 0 Å². The lowest BCUT2D eigenvalue weighted by atomic mass is 10.1. The fourth-order valence-corrected chi connectivity index (χ4v) is 1.76. The molecule has 1 aromatic heterocycles. The minimum atomic E-state index is -4.98. The van der Waals surface area contributed by atoms with E-state index in [9.17, 15) is 26.7 Å². The summed E-state index contributed by atoms with van der Waals surface area (Å²) in [6.07, 6.45) is -7.89. The number of H-pyrrole nitrogens is 1. The zero-order chi connectivity index (χ0) is 12.5. The predicted molar refractivity (Wildman–Crippen MR) is 49.7 cm³/mol. The van der Waals surface area contributed by atoms with Gasteiger partial charge in [0.05, 0.1) is 5.56 Å². The van der Waals surface area contributed by atoms with Crippen molar-refractivity contribution in [1.82, 2.24) is 4.98 Å². The number of nitrogens with one attached hydrogen (secondary N) is 1. The number of aromatic amines is 1. The summed E-state index contributed by atoms with van der Waals surface area (Å²) in [4.78, 5) is 12.9. The Morgan fingerprint density at radius 3 is 2.31 bits per heavy atom. The molecule has 0 saturated heterocycles. The van der Waals surface area contributed by atoms with Crippen LogP contribution >= 0.6 is 15.9 Å². The molecule has 0 aliphatic rings. The summed E-state index contributed by atoms with van der Waals surface area (Å²) in [6.45, 7) is 0.